The van der Waals surface area contributed by atoms with Gasteiger partial charge in [0, 0.05) is 58.1 Å². The standard InChI is InChI=1S/C23H38N6O/c1-24-22(26-18-20-7-8-21(25-17-20)28-11-5-6-12-28)27-19-23(9-3-2-4-10-23)29-13-15-30-16-14-29/h7-8,17H,2-6,9-16,18-19H2,1H3,(H2,24,26,27). The molecule has 0 radical (unpaired) electrons. The van der Waals surface area contributed by atoms with Gasteiger partial charge < -0.3 is 20.3 Å². The molecule has 1 saturated carbocycles. The van der Waals surface area contributed by atoms with Gasteiger partial charge in [-0.2, -0.15) is 0 Å². The fourth-order valence-electron chi connectivity index (χ4n) is 5.16. The van der Waals surface area contributed by atoms with Crippen LogP contribution in [0, 0.1) is 0 Å². The van der Waals surface area contributed by atoms with Crippen molar-refractivity contribution in [1.82, 2.24) is 20.5 Å². The van der Waals surface area contributed by atoms with E-state index in [-0.39, 0.29) is 5.54 Å². The Morgan fingerprint density at radius 2 is 1.80 bits per heavy atom. The zero-order valence-corrected chi connectivity index (χ0v) is 18.5. The lowest BCUT2D eigenvalue weighted by Gasteiger charge is -2.48. The van der Waals surface area contributed by atoms with Crippen LogP contribution in [0.2, 0.25) is 0 Å². The van der Waals surface area contributed by atoms with Gasteiger partial charge in [-0.25, -0.2) is 4.98 Å². The largest absolute Gasteiger partial charge is 0.379 e. The van der Waals surface area contributed by atoms with E-state index in [1.54, 1.807) is 0 Å². The number of hydrogen-bond donors (Lipinski definition) is 2. The summed E-state index contributed by atoms with van der Waals surface area (Å²) in [4.78, 5) is 14.2. The highest BCUT2D eigenvalue weighted by Gasteiger charge is 2.38. The minimum atomic E-state index is 0.235. The first kappa shape index (κ1) is 21.4. The fraction of sp³-hybridized carbons (Fsp3) is 0.739. The van der Waals surface area contributed by atoms with Gasteiger partial charge >= 0.3 is 0 Å². The van der Waals surface area contributed by atoms with Crippen molar-refractivity contribution in [3.8, 4) is 0 Å². The Bertz CT molecular complexity index is 673. The van der Waals surface area contributed by atoms with Crippen LogP contribution in [0.25, 0.3) is 0 Å². The Kier molecular flexibility index (Phi) is 7.44. The summed E-state index contributed by atoms with van der Waals surface area (Å²) in [5.74, 6) is 1.97. The number of nitrogens with one attached hydrogen (secondary N) is 2. The lowest BCUT2D eigenvalue weighted by molar-refractivity contribution is -0.0352. The molecule has 2 saturated heterocycles. The van der Waals surface area contributed by atoms with Crippen LogP contribution < -0.4 is 15.5 Å². The summed E-state index contributed by atoms with van der Waals surface area (Å²) in [5.41, 5.74) is 1.42. The lowest BCUT2D eigenvalue weighted by Crippen LogP contribution is -2.60. The highest BCUT2D eigenvalue weighted by Crippen LogP contribution is 2.33. The SMILES string of the molecule is CN=C(NCc1ccc(N2CCCC2)nc1)NCC1(N2CCOCC2)CCCCC1. The van der Waals surface area contributed by atoms with Crippen LogP contribution in [0.15, 0.2) is 23.3 Å². The van der Waals surface area contributed by atoms with E-state index in [1.807, 2.05) is 13.2 Å². The monoisotopic (exact) mass is 414 g/mol. The van der Waals surface area contributed by atoms with E-state index in [9.17, 15) is 0 Å². The molecule has 1 aliphatic carbocycles. The predicted molar refractivity (Wildman–Crippen MR) is 122 cm³/mol. The van der Waals surface area contributed by atoms with E-state index in [1.165, 1.54) is 50.5 Å². The molecule has 0 bridgehead atoms. The van der Waals surface area contributed by atoms with Crippen LogP contribution in [0.4, 0.5) is 5.82 Å². The molecule has 1 aromatic heterocycles. The van der Waals surface area contributed by atoms with E-state index < -0.39 is 0 Å². The van der Waals surface area contributed by atoms with Crippen molar-refractivity contribution in [3.63, 3.8) is 0 Å². The first-order valence-electron chi connectivity index (χ1n) is 11.8. The van der Waals surface area contributed by atoms with Crippen molar-refractivity contribution in [2.45, 2.75) is 57.0 Å². The minimum absolute atomic E-state index is 0.235. The highest BCUT2D eigenvalue weighted by molar-refractivity contribution is 5.79. The van der Waals surface area contributed by atoms with E-state index in [2.05, 4.69) is 42.5 Å². The van der Waals surface area contributed by atoms with E-state index in [0.717, 1.165) is 64.3 Å². The summed E-state index contributed by atoms with van der Waals surface area (Å²) in [6.07, 6.45) is 11.1. The smallest absolute Gasteiger partial charge is 0.191 e. The molecule has 0 amide bonds. The van der Waals surface area contributed by atoms with Gasteiger partial charge in [-0.05, 0) is 37.3 Å². The number of nitrogens with zero attached hydrogens (tertiary/aromatic N) is 4. The van der Waals surface area contributed by atoms with Gasteiger partial charge in [-0.1, -0.05) is 25.3 Å². The van der Waals surface area contributed by atoms with Crippen LogP contribution in [-0.2, 0) is 11.3 Å². The molecule has 3 aliphatic rings. The van der Waals surface area contributed by atoms with E-state index in [0.29, 0.717) is 0 Å². The summed E-state index contributed by atoms with van der Waals surface area (Å²) in [7, 11) is 1.85. The summed E-state index contributed by atoms with van der Waals surface area (Å²) in [6.45, 7) is 7.74. The molecule has 2 aliphatic heterocycles. The average Bonchev–Trinajstić information content (AvgIpc) is 3.36. The molecule has 1 aromatic rings. The van der Waals surface area contributed by atoms with Crippen LogP contribution in [0.3, 0.4) is 0 Å². The van der Waals surface area contributed by atoms with Crippen molar-refractivity contribution in [1.29, 1.82) is 0 Å². The summed E-state index contributed by atoms with van der Waals surface area (Å²) >= 11 is 0. The summed E-state index contributed by atoms with van der Waals surface area (Å²) < 4.78 is 5.60. The molecular weight excluding hydrogens is 376 g/mol. The third-order valence-electron chi connectivity index (χ3n) is 6.97. The van der Waals surface area contributed by atoms with Gasteiger partial charge in [0.15, 0.2) is 5.96 Å². The third-order valence-corrected chi connectivity index (χ3v) is 6.97. The maximum atomic E-state index is 5.60. The highest BCUT2D eigenvalue weighted by atomic mass is 16.5. The molecular formula is C23H38N6O. The number of pyridine rings is 1. The normalized spacial score (nSPS) is 22.8. The number of guanidine groups is 1. The molecule has 3 heterocycles. The Morgan fingerprint density at radius 1 is 1.03 bits per heavy atom. The molecule has 3 fully saturated rings. The van der Waals surface area contributed by atoms with Crippen molar-refractivity contribution < 1.29 is 4.74 Å². The molecule has 4 rings (SSSR count). The molecule has 0 aromatic carbocycles. The molecule has 0 atom stereocenters. The van der Waals surface area contributed by atoms with Gasteiger partial charge in [0.25, 0.3) is 0 Å². The molecule has 2 N–H and O–H groups in total. The number of ether oxygens (including phenoxy) is 1. The molecule has 30 heavy (non-hydrogen) atoms. The number of anilines is 1. The zero-order chi connectivity index (χ0) is 20.7. The molecule has 166 valence electrons. The van der Waals surface area contributed by atoms with Gasteiger partial charge in [-0.3, -0.25) is 9.89 Å². The number of aliphatic imine (C=N–C) groups is 1. The van der Waals surface area contributed by atoms with E-state index >= 15 is 0 Å². The van der Waals surface area contributed by atoms with Crippen molar-refractivity contribution in [3.05, 3.63) is 23.9 Å². The molecule has 0 unspecified atom stereocenters. The number of rotatable bonds is 6. The Labute approximate surface area is 181 Å². The van der Waals surface area contributed by atoms with Crippen LogP contribution in [0.1, 0.15) is 50.5 Å². The number of hydrogen-bond acceptors (Lipinski definition) is 5. The van der Waals surface area contributed by atoms with Crippen LogP contribution in [-0.4, -0.2) is 74.4 Å². The number of aromatic nitrogens is 1. The van der Waals surface area contributed by atoms with Crippen molar-refractivity contribution >= 4 is 11.8 Å². The van der Waals surface area contributed by atoms with Gasteiger partial charge in [0.05, 0.1) is 13.2 Å². The first-order valence-corrected chi connectivity index (χ1v) is 11.8. The summed E-state index contributed by atoms with van der Waals surface area (Å²) in [5, 5.41) is 7.11. The second kappa shape index (κ2) is 10.4. The van der Waals surface area contributed by atoms with Gasteiger partial charge in [0.1, 0.15) is 5.82 Å². The Morgan fingerprint density at radius 3 is 2.47 bits per heavy atom. The molecule has 0 spiro atoms. The Hall–Kier alpha value is -1.86. The van der Waals surface area contributed by atoms with Crippen LogP contribution >= 0.6 is 0 Å². The second-order valence-corrected chi connectivity index (χ2v) is 8.88. The van der Waals surface area contributed by atoms with Crippen LogP contribution in [0.5, 0.6) is 0 Å². The predicted octanol–water partition coefficient (Wildman–Crippen LogP) is 2.38. The number of morpholine rings is 1. The van der Waals surface area contributed by atoms with Crippen molar-refractivity contribution in [2.24, 2.45) is 4.99 Å². The molecule has 7 heteroatoms. The second-order valence-electron chi connectivity index (χ2n) is 8.88. The average molecular weight is 415 g/mol. The minimum Gasteiger partial charge on any atom is -0.379 e. The first-order chi connectivity index (χ1) is 14.8. The zero-order valence-electron chi connectivity index (χ0n) is 18.5. The Balaban J connectivity index is 1.30. The third kappa shape index (κ3) is 5.24. The topological polar surface area (TPSA) is 65.0 Å². The molecule has 7 nitrogen and oxygen atoms in total. The fourth-order valence-corrected chi connectivity index (χ4v) is 5.16. The maximum Gasteiger partial charge on any atom is 0.191 e. The summed E-state index contributed by atoms with van der Waals surface area (Å²) in [6, 6.07) is 4.32. The van der Waals surface area contributed by atoms with Gasteiger partial charge in [0.2, 0.25) is 0 Å². The van der Waals surface area contributed by atoms with Gasteiger partial charge in [-0.15, -0.1) is 0 Å². The lowest BCUT2D eigenvalue weighted by atomic mass is 9.80. The quantitative estimate of drug-likeness (QED) is 0.550. The van der Waals surface area contributed by atoms with Crippen molar-refractivity contribution in [2.75, 3.05) is 57.9 Å². The maximum absolute atomic E-state index is 5.60. The van der Waals surface area contributed by atoms with E-state index in [4.69, 9.17) is 4.74 Å².